The minimum atomic E-state index is -0.529. The highest BCUT2D eigenvalue weighted by atomic mass is 16.5. The van der Waals surface area contributed by atoms with Crippen LogP contribution in [0.5, 0.6) is 11.5 Å². The Morgan fingerprint density at radius 2 is 1.92 bits per heavy atom. The first-order chi connectivity index (χ1) is 11.6. The van der Waals surface area contributed by atoms with Gasteiger partial charge in [0.15, 0.2) is 6.10 Å². The smallest absolute Gasteiger partial charge is 0.268 e. The number of nitrogen functional groups attached to an aromatic ring is 1. The highest BCUT2D eigenvalue weighted by Gasteiger charge is 2.33. The molecule has 0 aromatic heterocycles. The van der Waals surface area contributed by atoms with Crippen molar-refractivity contribution in [3.63, 3.8) is 0 Å². The molecule has 1 heterocycles. The van der Waals surface area contributed by atoms with Gasteiger partial charge >= 0.3 is 0 Å². The maximum atomic E-state index is 12.7. The lowest BCUT2D eigenvalue weighted by Gasteiger charge is -2.34. The van der Waals surface area contributed by atoms with Crippen molar-refractivity contribution in [2.45, 2.75) is 26.4 Å². The molecule has 24 heavy (non-hydrogen) atoms. The van der Waals surface area contributed by atoms with Crippen molar-refractivity contribution in [2.75, 3.05) is 23.8 Å². The lowest BCUT2D eigenvalue weighted by molar-refractivity contribution is -0.126. The second-order valence-corrected chi connectivity index (χ2v) is 5.70. The summed E-state index contributed by atoms with van der Waals surface area (Å²) in [6, 6.07) is 13.2. The van der Waals surface area contributed by atoms with Crippen molar-refractivity contribution in [3.05, 3.63) is 48.0 Å². The van der Waals surface area contributed by atoms with E-state index in [0.717, 1.165) is 17.0 Å². The Bertz CT molecular complexity index is 728. The summed E-state index contributed by atoms with van der Waals surface area (Å²) in [5, 5.41) is 0. The molecule has 5 heteroatoms. The quantitative estimate of drug-likeness (QED) is 0.858. The van der Waals surface area contributed by atoms with Gasteiger partial charge in [-0.1, -0.05) is 12.1 Å². The van der Waals surface area contributed by atoms with Gasteiger partial charge in [0.05, 0.1) is 12.3 Å². The zero-order chi connectivity index (χ0) is 17.1. The van der Waals surface area contributed by atoms with E-state index in [2.05, 4.69) is 0 Å². The zero-order valence-electron chi connectivity index (χ0n) is 14.0. The molecule has 0 spiro atoms. The van der Waals surface area contributed by atoms with Crippen molar-refractivity contribution >= 4 is 17.3 Å². The lowest BCUT2D eigenvalue weighted by atomic mass is 10.0. The Morgan fingerprint density at radius 3 is 2.58 bits per heavy atom. The van der Waals surface area contributed by atoms with Crippen LogP contribution in [0, 0.1) is 0 Å². The van der Waals surface area contributed by atoms with Crippen LogP contribution in [0.25, 0.3) is 0 Å². The van der Waals surface area contributed by atoms with Crippen LogP contribution in [-0.2, 0) is 11.2 Å². The number of ether oxygens (including phenoxy) is 2. The van der Waals surface area contributed by atoms with Crippen molar-refractivity contribution in [1.29, 1.82) is 0 Å². The molecule has 0 saturated heterocycles. The van der Waals surface area contributed by atoms with Gasteiger partial charge in [-0.25, -0.2) is 0 Å². The number of carbonyl (C=O) groups excluding carboxylic acids is 1. The topological polar surface area (TPSA) is 64.8 Å². The molecule has 2 aromatic rings. The van der Waals surface area contributed by atoms with Crippen molar-refractivity contribution < 1.29 is 14.3 Å². The number of carbonyl (C=O) groups is 1. The average molecular weight is 326 g/mol. The van der Waals surface area contributed by atoms with Crippen molar-refractivity contribution in [2.24, 2.45) is 0 Å². The maximum Gasteiger partial charge on any atom is 0.268 e. The Hall–Kier alpha value is -2.69. The molecule has 2 N–H and O–H groups in total. The number of likely N-dealkylation sites (N-methyl/N-ethyl adjacent to an activating group) is 1. The molecule has 2 aromatic carbocycles. The van der Waals surface area contributed by atoms with Gasteiger partial charge < -0.3 is 20.1 Å². The SMILES string of the molecule is CCOc1ccc(CC2Oc3ccc(N)cc3N(CC)C2=O)cc1. The Balaban J connectivity index is 1.81. The van der Waals surface area contributed by atoms with Gasteiger partial charge in [-0.3, -0.25) is 4.79 Å². The highest BCUT2D eigenvalue weighted by molar-refractivity contribution is 6.00. The highest BCUT2D eigenvalue weighted by Crippen LogP contribution is 2.36. The molecule has 5 nitrogen and oxygen atoms in total. The summed E-state index contributed by atoms with van der Waals surface area (Å²) in [5.41, 5.74) is 8.23. The van der Waals surface area contributed by atoms with Crippen LogP contribution >= 0.6 is 0 Å². The van der Waals surface area contributed by atoms with E-state index in [4.69, 9.17) is 15.2 Å². The fraction of sp³-hybridized carbons (Fsp3) is 0.316. The normalized spacial score (nSPS) is 16.5. The molecule has 1 aliphatic heterocycles. The van der Waals surface area contributed by atoms with Crippen LogP contribution in [0.1, 0.15) is 19.4 Å². The van der Waals surface area contributed by atoms with Crippen molar-refractivity contribution in [3.8, 4) is 11.5 Å². The molecular weight excluding hydrogens is 304 g/mol. The first-order valence-electron chi connectivity index (χ1n) is 8.21. The molecular formula is C19H22N2O3. The molecule has 0 saturated carbocycles. The molecule has 1 atom stereocenters. The van der Waals surface area contributed by atoms with E-state index < -0.39 is 6.10 Å². The molecule has 1 amide bonds. The number of nitrogens with two attached hydrogens (primary N) is 1. The summed E-state index contributed by atoms with van der Waals surface area (Å²) < 4.78 is 11.4. The van der Waals surface area contributed by atoms with Crippen LogP contribution in [0.4, 0.5) is 11.4 Å². The molecule has 1 aliphatic rings. The second-order valence-electron chi connectivity index (χ2n) is 5.70. The standard InChI is InChI=1S/C19H22N2O3/c1-3-21-16-12-14(20)7-10-17(16)24-18(19(21)22)11-13-5-8-15(9-6-13)23-4-2/h5-10,12,18H,3-4,11,20H2,1-2H3. The first kappa shape index (κ1) is 16.2. The van der Waals surface area contributed by atoms with Gasteiger partial charge in [0.25, 0.3) is 5.91 Å². The van der Waals surface area contributed by atoms with Crippen LogP contribution in [0.2, 0.25) is 0 Å². The van der Waals surface area contributed by atoms with Gasteiger partial charge in [0.2, 0.25) is 0 Å². The van der Waals surface area contributed by atoms with E-state index in [9.17, 15) is 4.79 Å². The minimum Gasteiger partial charge on any atom is -0.494 e. The number of hydrogen-bond acceptors (Lipinski definition) is 4. The van der Waals surface area contributed by atoms with E-state index in [1.165, 1.54) is 0 Å². The van der Waals surface area contributed by atoms with E-state index in [1.54, 1.807) is 17.0 Å². The van der Waals surface area contributed by atoms with Gasteiger partial charge in [0, 0.05) is 18.7 Å². The Morgan fingerprint density at radius 1 is 1.17 bits per heavy atom. The number of hydrogen-bond donors (Lipinski definition) is 1. The van der Waals surface area contributed by atoms with E-state index >= 15 is 0 Å². The number of benzene rings is 2. The predicted molar refractivity (Wildman–Crippen MR) is 94.6 cm³/mol. The number of fused-ring (bicyclic) bond motifs is 1. The fourth-order valence-electron chi connectivity index (χ4n) is 2.90. The number of amides is 1. The summed E-state index contributed by atoms with van der Waals surface area (Å²) in [5.74, 6) is 1.49. The van der Waals surface area contributed by atoms with Gasteiger partial charge in [-0.05, 0) is 49.7 Å². The van der Waals surface area contributed by atoms with E-state index in [0.29, 0.717) is 31.0 Å². The van der Waals surface area contributed by atoms with E-state index in [-0.39, 0.29) is 5.91 Å². The molecule has 0 radical (unpaired) electrons. The maximum absolute atomic E-state index is 12.7. The van der Waals surface area contributed by atoms with E-state index in [1.807, 2.05) is 44.2 Å². The molecule has 1 unspecified atom stereocenters. The predicted octanol–water partition coefficient (Wildman–Crippen LogP) is 3.02. The van der Waals surface area contributed by atoms with Crippen LogP contribution in [-0.4, -0.2) is 25.2 Å². The minimum absolute atomic E-state index is 0.0375. The van der Waals surface area contributed by atoms with Crippen molar-refractivity contribution in [1.82, 2.24) is 0 Å². The monoisotopic (exact) mass is 326 g/mol. The Kier molecular flexibility index (Phi) is 4.60. The molecule has 3 rings (SSSR count). The first-order valence-corrected chi connectivity index (χ1v) is 8.21. The number of anilines is 2. The summed E-state index contributed by atoms with van der Waals surface area (Å²) in [7, 11) is 0. The lowest BCUT2D eigenvalue weighted by Crippen LogP contribution is -2.46. The number of nitrogens with zero attached hydrogens (tertiary/aromatic N) is 1. The second kappa shape index (κ2) is 6.83. The summed E-state index contributed by atoms with van der Waals surface area (Å²) in [4.78, 5) is 14.5. The zero-order valence-corrected chi connectivity index (χ0v) is 14.0. The molecule has 0 fully saturated rings. The third kappa shape index (κ3) is 3.15. The summed E-state index contributed by atoms with van der Waals surface area (Å²) in [6.45, 7) is 5.11. The third-order valence-corrected chi connectivity index (χ3v) is 4.06. The average Bonchev–Trinajstić information content (AvgIpc) is 2.58. The molecule has 0 aliphatic carbocycles. The molecule has 126 valence electrons. The summed E-state index contributed by atoms with van der Waals surface area (Å²) in [6.07, 6.45) is -0.00929. The van der Waals surface area contributed by atoms with Gasteiger partial charge in [-0.2, -0.15) is 0 Å². The van der Waals surface area contributed by atoms with Gasteiger partial charge in [-0.15, -0.1) is 0 Å². The summed E-state index contributed by atoms with van der Waals surface area (Å²) >= 11 is 0. The van der Waals surface area contributed by atoms with Crippen LogP contribution in [0.3, 0.4) is 0 Å². The van der Waals surface area contributed by atoms with Gasteiger partial charge in [0.1, 0.15) is 11.5 Å². The van der Waals surface area contributed by atoms with Crippen LogP contribution < -0.4 is 20.1 Å². The Labute approximate surface area is 142 Å². The largest absolute Gasteiger partial charge is 0.494 e. The number of rotatable bonds is 5. The third-order valence-electron chi connectivity index (χ3n) is 4.06. The van der Waals surface area contributed by atoms with Crippen LogP contribution in [0.15, 0.2) is 42.5 Å². The fourth-order valence-corrected chi connectivity index (χ4v) is 2.90. The molecule has 0 bridgehead atoms.